The minimum atomic E-state index is -3.02. The molecule has 0 aromatic heterocycles. The second-order valence-electron chi connectivity index (χ2n) is 4.92. The van der Waals surface area contributed by atoms with E-state index in [1.54, 1.807) is 0 Å². The summed E-state index contributed by atoms with van der Waals surface area (Å²) >= 11 is 0. The number of nitrogens with zero attached hydrogens (tertiary/aromatic N) is 1. The minimum Gasteiger partial charge on any atom is -0.311 e. The SMILES string of the molecule is CCCCN(CCCC)C(CCC)P(=O)(OC)OC. The molecule has 5 heteroatoms. The molecule has 0 amide bonds. The molecule has 4 nitrogen and oxygen atoms in total. The average molecular weight is 293 g/mol. The predicted molar refractivity (Wildman–Crippen MR) is 81.7 cm³/mol. The van der Waals surface area contributed by atoms with Crippen LogP contribution in [0.1, 0.15) is 59.3 Å². The van der Waals surface area contributed by atoms with E-state index >= 15 is 0 Å². The smallest absolute Gasteiger partial charge is 0.311 e. The highest BCUT2D eigenvalue weighted by Crippen LogP contribution is 2.54. The second kappa shape index (κ2) is 10.8. The molecule has 0 rings (SSSR count). The quantitative estimate of drug-likeness (QED) is 0.497. The van der Waals surface area contributed by atoms with E-state index in [-0.39, 0.29) is 5.78 Å². The molecule has 0 spiro atoms. The van der Waals surface area contributed by atoms with Crippen molar-refractivity contribution in [3.05, 3.63) is 0 Å². The Morgan fingerprint density at radius 3 is 1.74 bits per heavy atom. The van der Waals surface area contributed by atoms with Gasteiger partial charge in [0.15, 0.2) is 0 Å². The fourth-order valence-corrected chi connectivity index (χ4v) is 4.09. The van der Waals surface area contributed by atoms with Crippen LogP contribution in [0.15, 0.2) is 0 Å². The molecule has 0 aliphatic rings. The Balaban J connectivity index is 4.95. The molecule has 0 radical (unpaired) electrons. The van der Waals surface area contributed by atoms with Gasteiger partial charge in [0.05, 0.1) is 0 Å². The van der Waals surface area contributed by atoms with Crippen LogP contribution >= 0.6 is 7.60 Å². The maximum absolute atomic E-state index is 12.7. The van der Waals surface area contributed by atoms with Crippen molar-refractivity contribution in [1.82, 2.24) is 4.90 Å². The number of hydrogen-bond donors (Lipinski definition) is 0. The van der Waals surface area contributed by atoms with Gasteiger partial charge in [0.25, 0.3) is 0 Å². The highest BCUT2D eigenvalue weighted by molar-refractivity contribution is 7.54. The Bertz CT molecular complexity index is 245. The monoisotopic (exact) mass is 293 g/mol. The van der Waals surface area contributed by atoms with Crippen molar-refractivity contribution in [2.45, 2.75) is 65.1 Å². The summed E-state index contributed by atoms with van der Waals surface area (Å²) < 4.78 is 23.2. The van der Waals surface area contributed by atoms with Crippen LogP contribution in [-0.2, 0) is 13.6 Å². The molecule has 1 unspecified atom stereocenters. The zero-order valence-corrected chi connectivity index (χ0v) is 14.2. The molecular weight excluding hydrogens is 261 g/mol. The predicted octanol–water partition coefficient (Wildman–Crippen LogP) is 4.50. The summed E-state index contributed by atoms with van der Waals surface area (Å²) in [5.41, 5.74) is 0. The van der Waals surface area contributed by atoms with E-state index < -0.39 is 7.60 Å². The zero-order chi connectivity index (χ0) is 14.7. The molecule has 0 bridgehead atoms. The van der Waals surface area contributed by atoms with Gasteiger partial charge in [0.2, 0.25) is 0 Å². The lowest BCUT2D eigenvalue weighted by Gasteiger charge is -2.34. The molecule has 0 fully saturated rings. The average Bonchev–Trinajstić information content (AvgIpc) is 2.45. The van der Waals surface area contributed by atoms with Crippen LogP contribution in [0.5, 0.6) is 0 Å². The summed E-state index contributed by atoms with van der Waals surface area (Å²) in [5.74, 6) is -0.106. The van der Waals surface area contributed by atoms with Crippen LogP contribution in [0.25, 0.3) is 0 Å². The van der Waals surface area contributed by atoms with Gasteiger partial charge in [-0.15, -0.1) is 0 Å². The highest BCUT2D eigenvalue weighted by Gasteiger charge is 2.37. The van der Waals surface area contributed by atoms with Crippen LogP contribution < -0.4 is 0 Å². The Morgan fingerprint density at radius 1 is 0.947 bits per heavy atom. The Hall–Kier alpha value is 0.110. The van der Waals surface area contributed by atoms with E-state index in [4.69, 9.17) is 9.05 Å². The molecule has 1 atom stereocenters. The molecule has 19 heavy (non-hydrogen) atoms. The first-order valence-electron chi connectivity index (χ1n) is 7.54. The highest BCUT2D eigenvalue weighted by atomic mass is 31.2. The molecule has 0 heterocycles. The standard InChI is InChI=1S/C14H32NO3P/c1-6-9-12-15(13-10-7-2)14(11-8-3)19(16,17-4)18-5/h14H,6-13H2,1-5H3. The number of unbranched alkanes of at least 4 members (excludes halogenated alkanes) is 2. The molecule has 0 saturated heterocycles. The first kappa shape index (κ1) is 19.1. The largest absolute Gasteiger partial charge is 0.347 e. The summed E-state index contributed by atoms with van der Waals surface area (Å²) in [4.78, 5) is 2.31. The van der Waals surface area contributed by atoms with Gasteiger partial charge >= 0.3 is 7.60 Å². The van der Waals surface area contributed by atoms with Crippen molar-refractivity contribution in [1.29, 1.82) is 0 Å². The topological polar surface area (TPSA) is 38.8 Å². The summed E-state index contributed by atoms with van der Waals surface area (Å²) in [7, 11) is -0.0367. The third kappa shape index (κ3) is 6.40. The third-order valence-corrected chi connectivity index (χ3v) is 5.77. The molecule has 0 saturated carbocycles. The van der Waals surface area contributed by atoms with Gasteiger partial charge in [-0.25, -0.2) is 0 Å². The first-order chi connectivity index (χ1) is 9.09. The van der Waals surface area contributed by atoms with Crippen molar-refractivity contribution in [2.75, 3.05) is 27.3 Å². The Morgan fingerprint density at radius 2 is 1.42 bits per heavy atom. The zero-order valence-electron chi connectivity index (χ0n) is 13.4. The van der Waals surface area contributed by atoms with E-state index in [0.717, 1.165) is 51.6 Å². The fraction of sp³-hybridized carbons (Fsp3) is 1.00. The van der Waals surface area contributed by atoms with Gasteiger partial charge in [-0.3, -0.25) is 9.46 Å². The van der Waals surface area contributed by atoms with Gasteiger partial charge in [-0.2, -0.15) is 0 Å². The van der Waals surface area contributed by atoms with Crippen molar-refractivity contribution in [2.24, 2.45) is 0 Å². The Labute approximate surface area is 119 Å². The van der Waals surface area contributed by atoms with E-state index in [1.165, 1.54) is 14.2 Å². The van der Waals surface area contributed by atoms with E-state index in [0.29, 0.717) is 0 Å². The lowest BCUT2D eigenvalue weighted by Crippen LogP contribution is -2.37. The second-order valence-corrected chi connectivity index (χ2v) is 7.32. The van der Waals surface area contributed by atoms with Crippen LogP contribution in [0, 0.1) is 0 Å². The normalized spacial score (nSPS) is 14.0. The van der Waals surface area contributed by atoms with Crippen LogP contribution in [0.3, 0.4) is 0 Å². The maximum atomic E-state index is 12.7. The summed E-state index contributed by atoms with van der Waals surface area (Å²) in [6, 6.07) is 0. The molecule has 0 aromatic rings. The first-order valence-corrected chi connectivity index (χ1v) is 9.15. The summed E-state index contributed by atoms with van der Waals surface area (Å²) in [6.07, 6.45) is 6.37. The Kier molecular flexibility index (Phi) is 10.9. The van der Waals surface area contributed by atoms with E-state index in [9.17, 15) is 4.57 Å². The van der Waals surface area contributed by atoms with Gasteiger partial charge in [0, 0.05) is 14.2 Å². The lowest BCUT2D eigenvalue weighted by molar-refractivity contribution is 0.177. The minimum absolute atomic E-state index is 0.106. The van der Waals surface area contributed by atoms with Crippen LogP contribution in [-0.4, -0.2) is 38.0 Å². The summed E-state index contributed by atoms with van der Waals surface area (Å²) in [6.45, 7) is 8.41. The molecule has 0 aromatic carbocycles. The van der Waals surface area contributed by atoms with Crippen LogP contribution in [0.4, 0.5) is 0 Å². The van der Waals surface area contributed by atoms with Crippen molar-refractivity contribution < 1.29 is 13.6 Å². The molecule has 116 valence electrons. The van der Waals surface area contributed by atoms with Crippen molar-refractivity contribution in [3.63, 3.8) is 0 Å². The van der Waals surface area contributed by atoms with Crippen molar-refractivity contribution >= 4 is 7.60 Å². The van der Waals surface area contributed by atoms with Gasteiger partial charge < -0.3 is 9.05 Å². The van der Waals surface area contributed by atoms with Crippen LogP contribution in [0.2, 0.25) is 0 Å². The molecule has 0 aliphatic carbocycles. The van der Waals surface area contributed by atoms with Gasteiger partial charge in [-0.05, 0) is 32.4 Å². The van der Waals surface area contributed by atoms with Gasteiger partial charge in [0.1, 0.15) is 5.78 Å². The van der Waals surface area contributed by atoms with E-state index in [1.807, 2.05) is 0 Å². The fourth-order valence-electron chi connectivity index (χ4n) is 2.25. The molecular formula is C14H32NO3P. The third-order valence-electron chi connectivity index (χ3n) is 3.44. The molecule has 0 N–H and O–H groups in total. The molecule has 0 aliphatic heterocycles. The number of hydrogen-bond acceptors (Lipinski definition) is 4. The number of rotatable bonds is 12. The lowest BCUT2D eigenvalue weighted by atomic mass is 10.2. The van der Waals surface area contributed by atoms with Crippen molar-refractivity contribution in [3.8, 4) is 0 Å². The van der Waals surface area contributed by atoms with Gasteiger partial charge in [-0.1, -0.05) is 40.0 Å². The summed E-state index contributed by atoms with van der Waals surface area (Å²) in [5, 5.41) is 0. The maximum Gasteiger partial charge on any atom is 0.347 e. The van der Waals surface area contributed by atoms with E-state index in [2.05, 4.69) is 25.7 Å².